The number of ketones is 1. The maximum absolute atomic E-state index is 13.1. The first-order valence-corrected chi connectivity index (χ1v) is 10.3. The van der Waals surface area contributed by atoms with E-state index in [4.69, 9.17) is 0 Å². The molecular formula is C25H25N3O2. The zero-order valence-electron chi connectivity index (χ0n) is 17.0. The molecule has 3 aromatic rings. The minimum absolute atomic E-state index is 0.0874. The number of aromatic nitrogens is 3. The van der Waals surface area contributed by atoms with Crippen molar-refractivity contribution >= 4 is 5.78 Å². The van der Waals surface area contributed by atoms with Gasteiger partial charge in [-0.3, -0.25) is 9.36 Å². The van der Waals surface area contributed by atoms with E-state index in [0.717, 1.165) is 30.5 Å². The Kier molecular flexibility index (Phi) is 6.06. The van der Waals surface area contributed by atoms with E-state index in [9.17, 15) is 9.90 Å². The molecule has 5 heteroatoms. The van der Waals surface area contributed by atoms with Gasteiger partial charge >= 0.3 is 0 Å². The third-order valence-electron chi connectivity index (χ3n) is 5.96. The number of aliphatic hydroxyl groups excluding tert-OH is 1. The summed E-state index contributed by atoms with van der Waals surface area (Å²) in [6, 6.07) is 14.5. The second-order valence-corrected chi connectivity index (χ2v) is 8.08. The van der Waals surface area contributed by atoms with Crippen LogP contribution < -0.4 is 0 Å². The van der Waals surface area contributed by atoms with Gasteiger partial charge in [-0.15, -0.1) is 0 Å². The van der Waals surface area contributed by atoms with Crippen molar-refractivity contribution in [1.82, 2.24) is 14.5 Å². The Hall–Kier alpha value is -3.23. The molecule has 1 fully saturated rings. The normalized spacial score (nSPS) is 20.5. The molecular weight excluding hydrogens is 374 g/mol. The Bertz CT molecular complexity index is 1080. The minimum Gasteiger partial charge on any atom is -0.396 e. The molecule has 1 aliphatic carbocycles. The van der Waals surface area contributed by atoms with E-state index in [-0.39, 0.29) is 12.4 Å². The predicted molar refractivity (Wildman–Crippen MR) is 115 cm³/mol. The lowest BCUT2D eigenvalue weighted by Crippen LogP contribution is -2.11. The van der Waals surface area contributed by atoms with Crippen LogP contribution in [-0.4, -0.2) is 32.0 Å². The predicted octanol–water partition coefficient (Wildman–Crippen LogP) is 3.56. The summed E-state index contributed by atoms with van der Waals surface area (Å²) in [6.45, 7) is 2.41. The summed E-state index contributed by atoms with van der Waals surface area (Å²) in [5.41, 5.74) is 2.83. The van der Waals surface area contributed by atoms with Crippen LogP contribution in [0.15, 0.2) is 61.3 Å². The van der Waals surface area contributed by atoms with Crippen molar-refractivity contribution in [3.8, 4) is 12.0 Å². The highest BCUT2D eigenvalue weighted by Gasteiger charge is 2.31. The quantitative estimate of drug-likeness (QED) is 0.526. The lowest BCUT2D eigenvalue weighted by molar-refractivity contribution is 0.103. The maximum Gasteiger partial charge on any atom is 0.197 e. The number of hydrogen-bond acceptors (Lipinski definition) is 4. The van der Waals surface area contributed by atoms with Crippen LogP contribution in [0.1, 0.15) is 46.9 Å². The minimum atomic E-state index is -0.0874. The first-order valence-electron chi connectivity index (χ1n) is 10.3. The highest BCUT2D eigenvalue weighted by atomic mass is 16.3. The van der Waals surface area contributed by atoms with E-state index in [1.54, 1.807) is 29.2 Å². The van der Waals surface area contributed by atoms with Gasteiger partial charge in [-0.1, -0.05) is 25.1 Å². The molecule has 0 spiro atoms. The monoisotopic (exact) mass is 399 g/mol. The van der Waals surface area contributed by atoms with E-state index in [1.807, 2.05) is 30.3 Å². The van der Waals surface area contributed by atoms with E-state index in [0.29, 0.717) is 28.9 Å². The second kappa shape index (κ2) is 9.06. The lowest BCUT2D eigenvalue weighted by Gasteiger charge is -2.12. The van der Waals surface area contributed by atoms with Crippen molar-refractivity contribution in [1.29, 1.82) is 0 Å². The number of carbonyl (C=O) groups excluding carboxylic acids is 1. The average molecular weight is 399 g/mol. The van der Waals surface area contributed by atoms with Gasteiger partial charge in [0, 0.05) is 42.4 Å². The molecule has 0 amide bonds. The van der Waals surface area contributed by atoms with Crippen LogP contribution in [0.5, 0.6) is 0 Å². The van der Waals surface area contributed by atoms with Crippen molar-refractivity contribution in [2.24, 2.45) is 17.8 Å². The Morgan fingerprint density at radius 2 is 2.07 bits per heavy atom. The standard InChI is InChI=1S/C25H25N3O2/c1-18-11-20(12-22(18)16-29)13-24-23(14-26-17-27-24)25(30)21-8-10-28(15-21)9-7-19-5-3-2-4-6-19/h2-6,8,10,14-15,17-18,20,22,29H,11-13,16H2,1H3/t18-,20-,22+/m0/s1. The fourth-order valence-corrected chi connectivity index (χ4v) is 4.28. The van der Waals surface area contributed by atoms with Crippen molar-refractivity contribution in [3.05, 3.63) is 83.7 Å². The second-order valence-electron chi connectivity index (χ2n) is 8.08. The van der Waals surface area contributed by atoms with Crippen LogP contribution >= 0.6 is 0 Å². The number of hydrogen-bond donors (Lipinski definition) is 1. The molecule has 0 saturated heterocycles. The van der Waals surface area contributed by atoms with Gasteiger partial charge in [-0.25, -0.2) is 9.97 Å². The van der Waals surface area contributed by atoms with E-state index in [1.165, 1.54) is 6.33 Å². The number of nitrogens with zero attached hydrogens (tertiary/aromatic N) is 3. The molecule has 3 atom stereocenters. The molecule has 0 radical (unpaired) electrons. The molecule has 1 saturated carbocycles. The maximum atomic E-state index is 13.1. The van der Waals surface area contributed by atoms with Crippen LogP contribution in [0.4, 0.5) is 0 Å². The summed E-state index contributed by atoms with van der Waals surface area (Å²) in [5.74, 6) is 4.27. The molecule has 152 valence electrons. The van der Waals surface area contributed by atoms with Crippen LogP contribution in [-0.2, 0) is 6.42 Å². The lowest BCUT2D eigenvalue weighted by atomic mass is 9.95. The van der Waals surface area contributed by atoms with E-state index >= 15 is 0 Å². The Morgan fingerprint density at radius 1 is 1.23 bits per heavy atom. The van der Waals surface area contributed by atoms with Crippen LogP contribution in [0.25, 0.3) is 0 Å². The molecule has 1 N–H and O–H groups in total. The molecule has 4 rings (SSSR count). The number of rotatable bonds is 5. The third kappa shape index (κ3) is 4.50. The SMILES string of the molecule is C[C@H]1C[C@H](Cc2ncncc2C(=O)c2ccn(C#Cc3ccccc3)c2)C[C@@H]1CO. The van der Waals surface area contributed by atoms with Gasteiger partial charge in [0.1, 0.15) is 6.33 Å². The van der Waals surface area contributed by atoms with Gasteiger partial charge in [0.05, 0.1) is 11.3 Å². The molecule has 2 aromatic heterocycles. The average Bonchev–Trinajstić information content (AvgIpc) is 3.39. The van der Waals surface area contributed by atoms with Gasteiger partial charge in [-0.05, 0) is 61.1 Å². The molecule has 0 unspecified atom stereocenters. The van der Waals surface area contributed by atoms with Crippen molar-refractivity contribution in [2.45, 2.75) is 26.2 Å². The third-order valence-corrected chi connectivity index (χ3v) is 5.96. The zero-order valence-corrected chi connectivity index (χ0v) is 17.0. The summed E-state index contributed by atoms with van der Waals surface area (Å²) in [7, 11) is 0. The summed E-state index contributed by atoms with van der Waals surface area (Å²) in [6.07, 6.45) is 9.41. The fourth-order valence-electron chi connectivity index (χ4n) is 4.28. The molecule has 2 heterocycles. The van der Waals surface area contributed by atoms with Gasteiger partial charge < -0.3 is 5.11 Å². The first kappa shape index (κ1) is 20.1. The zero-order chi connectivity index (χ0) is 20.9. The summed E-state index contributed by atoms with van der Waals surface area (Å²) >= 11 is 0. The highest BCUT2D eigenvalue weighted by molar-refractivity contribution is 6.09. The Labute approximate surface area is 176 Å². The van der Waals surface area contributed by atoms with Crippen LogP contribution in [0, 0.1) is 29.7 Å². The van der Waals surface area contributed by atoms with Crippen molar-refractivity contribution in [3.63, 3.8) is 0 Å². The van der Waals surface area contributed by atoms with Gasteiger partial charge in [-0.2, -0.15) is 0 Å². The largest absolute Gasteiger partial charge is 0.396 e. The first-order chi connectivity index (χ1) is 14.6. The highest BCUT2D eigenvalue weighted by Crippen LogP contribution is 2.37. The number of carbonyl (C=O) groups is 1. The smallest absolute Gasteiger partial charge is 0.197 e. The van der Waals surface area contributed by atoms with Gasteiger partial charge in [0.15, 0.2) is 5.78 Å². The molecule has 1 aromatic carbocycles. The summed E-state index contributed by atoms with van der Waals surface area (Å²) in [4.78, 5) is 21.6. The number of aliphatic hydroxyl groups is 1. The van der Waals surface area contributed by atoms with Crippen LogP contribution in [0.3, 0.4) is 0 Å². The van der Waals surface area contributed by atoms with Gasteiger partial charge in [0.2, 0.25) is 0 Å². The molecule has 0 bridgehead atoms. The number of benzene rings is 1. The molecule has 1 aliphatic rings. The van der Waals surface area contributed by atoms with Crippen LogP contribution in [0.2, 0.25) is 0 Å². The molecule has 0 aliphatic heterocycles. The van der Waals surface area contributed by atoms with E-state index < -0.39 is 0 Å². The summed E-state index contributed by atoms with van der Waals surface area (Å²) in [5, 5.41) is 9.54. The molecule has 5 nitrogen and oxygen atoms in total. The topological polar surface area (TPSA) is 68.0 Å². The Morgan fingerprint density at radius 3 is 2.83 bits per heavy atom. The Balaban J connectivity index is 1.51. The summed E-state index contributed by atoms with van der Waals surface area (Å²) < 4.78 is 1.70. The molecule has 30 heavy (non-hydrogen) atoms. The van der Waals surface area contributed by atoms with E-state index in [2.05, 4.69) is 28.9 Å². The van der Waals surface area contributed by atoms with Crippen molar-refractivity contribution in [2.75, 3.05) is 6.61 Å². The van der Waals surface area contributed by atoms with Crippen molar-refractivity contribution < 1.29 is 9.90 Å². The fraction of sp³-hybridized carbons (Fsp3) is 0.320. The van der Waals surface area contributed by atoms with Gasteiger partial charge in [0.25, 0.3) is 0 Å².